The predicted molar refractivity (Wildman–Crippen MR) is 119 cm³/mol. The Kier molecular flexibility index (Phi) is 5.76. The van der Waals surface area contributed by atoms with E-state index in [9.17, 15) is 9.59 Å². The highest BCUT2D eigenvalue weighted by atomic mass is 79.9. The van der Waals surface area contributed by atoms with E-state index in [0.29, 0.717) is 48.3 Å². The lowest BCUT2D eigenvalue weighted by Crippen LogP contribution is -2.29. The minimum Gasteiger partial charge on any atom is -0.493 e. The number of anilines is 1. The number of halogens is 1. The van der Waals surface area contributed by atoms with Gasteiger partial charge in [0.1, 0.15) is 0 Å². The second-order valence-electron chi connectivity index (χ2n) is 7.14. The van der Waals surface area contributed by atoms with Gasteiger partial charge in [0, 0.05) is 35.7 Å². The highest BCUT2D eigenvalue weighted by Crippen LogP contribution is 2.31. The maximum atomic E-state index is 12.9. The number of fused-ring (bicyclic) bond motifs is 2. The molecule has 0 fully saturated rings. The number of hydrogen-bond donors (Lipinski definition) is 0. The summed E-state index contributed by atoms with van der Waals surface area (Å²) in [4.78, 5) is 31.8. The second-order valence-corrected chi connectivity index (χ2v) is 8.06. The number of rotatable bonds is 6. The molecule has 0 saturated heterocycles. The van der Waals surface area contributed by atoms with E-state index in [-0.39, 0.29) is 11.5 Å². The van der Waals surface area contributed by atoms with Gasteiger partial charge in [0.2, 0.25) is 5.91 Å². The number of benzene rings is 2. The van der Waals surface area contributed by atoms with Crippen molar-refractivity contribution in [3.8, 4) is 11.5 Å². The summed E-state index contributed by atoms with van der Waals surface area (Å²) in [5, 5.41) is 0.459. The molecule has 0 aliphatic carbocycles. The van der Waals surface area contributed by atoms with E-state index in [1.807, 2.05) is 17.0 Å². The molecule has 0 unspecified atom stereocenters. The van der Waals surface area contributed by atoms with Crippen molar-refractivity contribution in [3.05, 3.63) is 57.0 Å². The van der Waals surface area contributed by atoms with Crippen molar-refractivity contribution < 1.29 is 14.3 Å². The van der Waals surface area contributed by atoms with Gasteiger partial charge in [0.05, 0.1) is 31.4 Å². The molecule has 2 heterocycles. The van der Waals surface area contributed by atoms with Crippen molar-refractivity contribution >= 4 is 38.4 Å². The zero-order valence-corrected chi connectivity index (χ0v) is 18.4. The summed E-state index contributed by atoms with van der Waals surface area (Å²) in [7, 11) is 3.07. The molecule has 0 spiro atoms. The normalized spacial score (nSPS) is 12.8. The molecule has 30 heavy (non-hydrogen) atoms. The van der Waals surface area contributed by atoms with Crippen molar-refractivity contribution in [1.82, 2.24) is 9.55 Å². The molecule has 8 heteroatoms. The van der Waals surface area contributed by atoms with E-state index in [1.165, 1.54) is 23.6 Å². The van der Waals surface area contributed by atoms with Crippen molar-refractivity contribution in [2.75, 3.05) is 25.7 Å². The van der Waals surface area contributed by atoms with Gasteiger partial charge in [-0.15, -0.1) is 0 Å². The maximum absolute atomic E-state index is 12.9. The molecule has 0 bridgehead atoms. The molecule has 1 aliphatic heterocycles. The number of ether oxygens (including phenoxy) is 2. The Hall–Kier alpha value is -2.87. The first-order valence-electron chi connectivity index (χ1n) is 9.72. The zero-order valence-electron chi connectivity index (χ0n) is 16.9. The van der Waals surface area contributed by atoms with Crippen molar-refractivity contribution in [2.45, 2.75) is 25.8 Å². The molecule has 7 nitrogen and oxygen atoms in total. The van der Waals surface area contributed by atoms with Crippen LogP contribution in [0.1, 0.15) is 18.4 Å². The Balaban J connectivity index is 1.46. The molecule has 2 aromatic carbocycles. The lowest BCUT2D eigenvalue weighted by Gasteiger charge is -2.17. The van der Waals surface area contributed by atoms with Crippen LogP contribution in [-0.2, 0) is 17.8 Å². The topological polar surface area (TPSA) is 73.7 Å². The number of methoxy groups -OCH3 is 2. The van der Waals surface area contributed by atoms with E-state index in [2.05, 4.69) is 27.0 Å². The molecule has 1 aromatic heterocycles. The van der Waals surface area contributed by atoms with Gasteiger partial charge >= 0.3 is 0 Å². The largest absolute Gasteiger partial charge is 0.493 e. The average molecular weight is 472 g/mol. The fourth-order valence-electron chi connectivity index (χ4n) is 3.81. The number of hydrogen-bond acceptors (Lipinski definition) is 5. The maximum Gasteiger partial charge on any atom is 0.261 e. The van der Waals surface area contributed by atoms with Crippen LogP contribution >= 0.6 is 15.9 Å². The Bertz CT molecular complexity index is 1170. The molecule has 3 aromatic rings. The lowest BCUT2D eigenvalue weighted by molar-refractivity contribution is -0.118. The summed E-state index contributed by atoms with van der Waals surface area (Å²) in [6.07, 6.45) is 3.30. The molecular weight excluding hydrogens is 450 g/mol. The van der Waals surface area contributed by atoms with Crippen LogP contribution in [0, 0.1) is 0 Å². The lowest BCUT2D eigenvalue weighted by atomic mass is 10.2. The number of carbonyl (C=O) groups excluding carboxylic acids is 1. The number of aromatic nitrogens is 2. The van der Waals surface area contributed by atoms with Crippen LogP contribution in [0.25, 0.3) is 10.9 Å². The molecule has 1 aliphatic rings. The molecule has 0 radical (unpaired) electrons. The third-order valence-corrected chi connectivity index (χ3v) is 5.85. The van der Waals surface area contributed by atoms with Crippen molar-refractivity contribution in [2.24, 2.45) is 0 Å². The van der Waals surface area contributed by atoms with Crippen molar-refractivity contribution in [1.29, 1.82) is 0 Å². The summed E-state index contributed by atoms with van der Waals surface area (Å²) in [5.74, 6) is 1.08. The first-order valence-corrected chi connectivity index (χ1v) is 10.5. The van der Waals surface area contributed by atoms with Gasteiger partial charge in [-0.1, -0.05) is 15.9 Å². The van der Waals surface area contributed by atoms with Gasteiger partial charge in [-0.3, -0.25) is 14.2 Å². The van der Waals surface area contributed by atoms with E-state index in [0.717, 1.165) is 16.6 Å². The summed E-state index contributed by atoms with van der Waals surface area (Å²) in [6.45, 7) is 1.12. The minimum atomic E-state index is -0.162. The van der Waals surface area contributed by atoms with Crippen LogP contribution in [0.5, 0.6) is 11.5 Å². The summed E-state index contributed by atoms with van der Waals surface area (Å²) >= 11 is 3.47. The van der Waals surface area contributed by atoms with E-state index < -0.39 is 0 Å². The van der Waals surface area contributed by atoms with E-state index in [1.54, 1.807) is 19.2 Å². The number of aryl methyl sites for hydroxylation is 1. The van der Waals surface area contributed by atoms with Crippen LogP contribution in [0.3, 0.4) is 0 Å². The molecular formula is C22H22BrN3O4. The van der Waals surface area contributed by atoms with Gasteiger partial charge in [0.25, 0.3) is 5.56 Å². The van der Waals surface area contributed by atoms with Gasteiger partial charge in [-0.05, 0) is 42.7 Å². The van der Waals surface area contributed by atoms with Crippen LogP contribution < -0.4 is 19.9 Å². The average Bonchev–Trinajstić information content (AvgIpc) is 3.17. The third-order valence-electron chi connectivity index (χ3n) is 5.36. The molecule has 0 N–H and O–H groups in total. The van der Waals surface area contributed by atoms with E-state index in [4.69, 9.17) is 9.47 Å². The number of nitrogens with zero attached hydrogens (tertiary/aromatic N) is 3. The number of amides is 1. The van der Waals surface area contributed by atoms with Crippen LogP contribution in [0.15, 0.2) is 45.9 Å². The predicted octanol–water partition coefficient (Wildman–Crippen LogP) is 3.55. The zero-order chi connectivity index (χ0) is 21.3. The quantitative estimate of drug-likeness (QED) is 0.549. The third kappa shape index (κ3) is 3.79. The van der Waals surface area contributed by atoms with Crippen LogP contribution in [-0.4, -0.2) is 36.2 Å². The Morgan fingerprint density at radius 2 is 1.93 bits per heavy atom. The Morgan fingerprint density at radius 3 is 2.70 bits per heavy atom. The molecule has 1 amide bonds. The SMILES string of the molecule is COc1cc2ncn(CCCC(=O)N3CCc4cc(Br)ccc43)c(=O)c2cc1OC. The monoisotopic (exact) mass is 471 g/mol. The van der Waals surface area contributed by atoms with Crippen molar-refractivity contribution in [3.63, 3.8) is 0 Å². The highest BCUT2D eigenvalue weighted by Gasteiger charge is 2.24. The van der Waals surface area contributed by atoms with Gasteiger partial charge in [-0.25, -0.2) is 4.98 Å². The standard InChI is InChI=1S/C22H22BrN3O4/c1-29-19-11-16-17(12-20(19)30-2)24-13-25(22(16)28)8-3-4-21(27)26-9-7-14-10-15(23)5-6-18(14)26/h5-6,10-13H,3-4,7-9H2,1-2H3. The van der Waals surface area contributed by atoms with Crippen LogP contribution in [0.2, 0.25) is 0 Å². The number of carbonyl (C=O) groups is 1. The molecule has 0 saturated carbocycles. The summed E-state index contributed by atoms with van der Waals surface area (Å²) < 4.78 is 13.1. The van der Waals surface area contributed by atoms with Gasteiger partial charge in [0.15, 0.2) is 11.5 Å². The fourth-order valence-corrected chi connectivity index (χ4v) is 4.22. The van der Waals surface area contributed by atoms with E-state index >= 15 is 0 Å². The van der Waals surface area contributed by atoms with Crippen LogP contribution in [0.4, 0.5) is 5.69 Å². The fraction of sp³-hybridized carbons (Fsp3) is 0.318. The molecule has 156 valence electrons. The minimum absolute atomic E-state index is 0.0734. The second kappa shape index (κ2) is 8.47. The first kappa shape index (κ1) is 20.4. The van der Waals surface area contributed by atoms with Gasteiger partial charge in [-0.2, -0.15) is 0 Å². The first-order chi connectivity index (χ1) is 14.5. The Labute approximate surface area is 182 Å². The molecule has 0 atom stereocenters. The Morgan fingerprint density at radius 1 is 1.17 bits per heavy atom. The molecule has 4 rings (SSSR count). The highest BCUT2D eigenvalue weighted by molar-refractivity contribution is 9.10. The summed E-state index contributed by atoms with van der Waals surface area (Å²) in [6, 6.07) is 9.32. The van der Waals surface area contributed by atoms with Gasteiger partial charge < -0.3 is 14.4 Å². The summed E-state index contributed by atoms with van der Waals surface area (Å²) in [5.41, 5.74) is 2.54. The smallest absolute Gasteiger partial charge is 0.261 e.